The van der Waals surface area contributed by atoms with Crippen molar-refractivity contribution >= 4 is 0 Å². The van der Waals surface area contributed by atoms with Crippen LogP contribution in [0.5, 0.6) is 0 Å². The van der Waals surface area contributed by atoms with Crippen molar-refractivity contribution in [2.45, 2.75) is 56.7 Å². The third kappa shape index (κ3) is 1.08. The average Bonchev–Trinajstić information content (AvgIpc) is 2.60. The molecule has 3 aliphatic rings. The first-order chi connectivity index (χ1) is 6.40. The van der Waals surface area contributed by atoms with Gasteiger partial charge in [0.2, 0.25) is 0 Å². The normalized spacial score (nSPS) is 45.5. The summed E-state index contributed by atoms with van der Waals surface area (Å²) in [5, 5.41) is 0. The number of fused-ring (bicyclic) bond motifs is 2. The predicted octanol–water partition coefficient (Wildman–Crippen LogP) is 1.35. The molecule has 3 fully saturated rings. The van der Waals surface area contributed by atoms with Gasteiger partial charge in [-0.3, -0.25) is 4.90 Å². The average molecular weight is 180 g/mol. The van der Waals surface area contributed by atoms with Crippen molar-refractivity contribution in [2.24, 2.45) is 11.7 Å². The van der Waals surface area contributed by atoms with E-state index in [9.17, 15) is 0 Å². The monoisotopic (exact) mass is 180 g/mol. The Kier molecular flexibility index (Phi) is 1.88. The van der Waals surface area contributed by atoms with Gasteiger partial charge in [-0.15, -0.1) is 0 Å². The second-order valence-electron chi connectivity index (χ2n) is 5.06. The molecular weight excluding hydrogens is 160 g/mol. The van der Waals surface area contributed by atoms with Crippen LogP contribution in [0.2, 0.25) is 0 Å². The van der Waals surface area contributed by atoms with Crippen LogP contribution in [0, 0.1) is 5.92 Å². The molecule has 0 aromatic carbocycles. The van der Waals surface area contributed by atoms with E-state index < -0.39 is 0 Å². The first-order valence-corrected chi connectivity index (χ1v) is 5.87. The van der Waals surface area contributed by atoms with Crippen LogP contribution in [0.4, 0.5) is 0 Å². The summed E-state index contributed by atoms with van der Waals surface area (Å²) in [5.41, 5.74) is 5.89. The zero-order valence-electron chi connectivity index (χ0n) is 8.28. The van der Waals surface area contributed by atoms with Crippen LogP contribution >= 0.6 is 0 Å². The van der Waals surface area contributed by atoms with E-state index in [-0.39, 0.29) is 0 Å². The van der Waals surface area contributed by atoms with E-state index in [0.29, 0.717) is 0 Å². The standard InChI is InChI=1S/C11H20N2/c12-7-11-8-4-5-10(6-8)13(11)9-2-1-3-9/h8-11H,1-7,12H2. The van der Waals surface area contributed by atoms with Gasteiger partial charge >= 0.3 is 0 Å². The van der Waals surface area contributed by atoms with Crippen LogP contribution < -0.4 is 5.73 Å². The summed E-state index contributed by atoms with van der Waals surface area (Å²) in [6.07, 6.45) is 8.71. The molecule has 2 N–H and O–H groups in total. The van der Waals surface area contributed by atoms with Gasteiger partial charge in [-0.2, -0.15) is 0 Å². The minimum atomic E-state index is 0.754. The zero-order valence-corrected chi connectivity index (χ0v) is 8.28. The van der Waals surface area contributed by atoms with E-state index in [2.05, 4.69) is 4.90 Å². The lowest BCUT2D eigenvalue weighted by atomic mass is 9.87. The second kappa shape index (κ2) is 2.96. The van der Waals surface area contributed by atoms with Gasteiger partial charge in [-0.1, -0.05) is 6.42 Å². The SMILES string of the molecule is NCC1C2CCC(C2)N1C1CCC1. The molecule has 1 saturated heterocycles. The van der Waals surface area contributed by atoms with Crippen LogP contribution in [-0.4, -0.2) is 29.6 Å². The number of hydrogen-bond acceptors (Lipinski definition) is 2. The maximum absolute atomic E-state index is 5.89. The Bertz CT molecular complexity index is 200. The first-order valence-electron chi connectivity index (χ1n) is 5.87. The van der Waals surface area contributed by atoms with Crippen molar-refractivity contribution < 1.29 is 0 Å². The molecule has 13 heavy (non-hydrogen) atoms. The minimum absolute atomic E-state index is 0.754. The molecule has 3 rings (SSSR count). The fraction of sp³-hybridized carbons (Fsp3) is 1.00. The number of likely N-dealkylation sites (tertiary alicyclic amines) is 1. The van der Waals surface area contributed by atoms with Gasteiger partial charge in [0.1, 0.15) is 0 Å². The quantitative estimate of drug-likeness (QED) is 0.695. The highest BCUT2D eigenvalue weighted by molar-refractivity contribution is 5.03. The minimum Gasteiger partial charge on any atom is -0.329 e. The second-order valence-corrected chi connectivity index (χ2v) is 5.06. The highest BCUT2D eigenvalue weighted by Crippen LogP contribution is 2.46. The van der Waals surface area contributed by atoms with Gasteiger partial charge in [0.05, 0.1) is 0 Å². The van der Waals surface area contributed by atoms with Gasteiger partial charge in [0.15, 0.2) is 0 Å². The van der Waals surface area contributed by atoms with Gasteiger partial charge < -0.3 is 5.73 Å². The molecule has 2 heteroatoms. The topological polar surface area (TPSA) is 29.3 Å². The molecule has 1 aliphatic heterocycles. The molecule has 74 valence electrons. The van der Waals surface area contributed by atoms with E-state index in [0.717, 1.165) is 30.6 Å². The van der Waals surface area contributed by atoms with Crippen LogP contribution in [0.15, 0.2) is 0 Å². The van der Waals surface area contributed by atoms with E-state index in [1.54, 1.807) is 0 Å². The lowest BCUT2D eigenvalue weighted by molar-refractivity contribution is 0.0476. The Morgan fingerprint density at radius 3 is 2.54 bits per heavy atom. The highest BCUT2D eigenvalue weighted by Gasteiger charge is 2.48. The van der Waals surface area contributed by atoms with Crippen molar-refractivity contribution in [3.05, 3.63) is 0 Å². The van der Waals surface area contributed by atoms with Crippen molar-refractivity contribution in [1.82, 2.24) is 4.90 Å². The van der Waals surface area contributed by atoms with Gasteiger partial charge in [0, 0.05) is 24.7 Å². The van der Waals surface area contributed by atoms with Crippen molar-refractivity contribution in [1.29, 1.82) is 0 Å². The summed E-state index contributed by atoms with van der Waals surface area (Å²) in [5.74, 6) is 0.954. The van der Waals surface area contributed by atoms with E-state index >= 15 is 0 Å². The van der Waals surface area contributed by atoms with Crippen molar-refractivity contribution in [3.8, 4) is 0 Å². The molecule has 1 heterocycles. The summed E-state index contributed by atoms with van der Waals surface area (Å²) in [4.78, 5) is 2.79. The Morgan fingerprint density at radius 2 is 1.92 bits per heavy atom. The van der Waals surface area contributed by atoms with Crippen LogP contribution in [0.1, 0.15) is 38.5 Å². The lowest BCUT2D eigenvalue weighted by Crippen LogP contribution is -2.52. The van der Waals surface area contributed by atoms with Crippen LogP contribution in [0.3, 0.4) is 0 Å². The smallest absolute Gasteiger partial charge is 0.0253 e. The van der Waals surface area contributed by atoms with E-state index in [4.69, 9.17) is 5.73 Å². The molecule has 0 aromatic heterocycles. The number of nitrogens with two attached hydrogens (primary N) is 1. The Labute approximate surface area is 80.5 Å². The van der Waals surface area contributed by atoms with Crippen LogP contribution in [0.25, 0.3) is 0 Å². The molecule has 2 nitrogen and oxygen atoms in total. The number of hydrogen-bond donors (Lipinski definition) is 1. The highest BCUT2D eigenvalue weighted by atomic mass is 15.3. The summed E-state index contributed by atoms with van der Waals surface area (Å²) in [6, 6.07) is 2.59. The fourth-order valence-electron chi connectivity index (χ4n) is 3.69. The molecule has 0 amide bonds. The molecule has 2 saturated carbocycles. The molecule has 0 spiro atoms. The Morgan fingerprint density at radius 1 is 1.08 bits per heavy atom. The van der Waals surface area contributed by atoms with Crippen molar-refractivity contribution in [3.63, 3.8) is 0 Å². The maximum atomic E-state index is 5.89. The predicted molar refractivity (Wildman–Crippen MR) is 53.4 cm³/mol. The third-order valence-corrected chi connectivity index (χ3v) is 4.53. The molecule has 2 aliphatic carbocycles. The molecule has 0 radical (unpaired) electrons. The van der Waals surface area contributed by atoms with Crippen molar-refractivity contribution in [2.75, 3.05) is 6.54 Å². The first kappa shape index (κ1) is 8.25. The molecule has 0 aromatic rings. The summed E-state index contributed by atoms with van der Waals surface area (Å²) < 4.78 is 0. The van der Waals surface area contributed by atoms with E-state index in [1.165, 1.54) is 38.5 Å². The Balaban J connectivity index is 1.77. The largest absolute Gasteiger partial charge is 0.329 e. The summed E-state index contributed by atoms with van der Waals surface area (Å²) >= 11 is 0. The number of rotatable bonds is 2. The van der Waals surface area contributed by atoms with E-state index in [1.807, 2.05) is 0 Å². The van der Waals surface area contributed by atoms with Crippen LogP contribution in [-0.2, 0) is 0 Å². The van der Waals surface area contributed by atoms with Gasteiger partial charge in [0.25, 0.3) is 0 Å². The maximum Gasteiger partial charge on any atom is 0.0253 e. The fourth-order valence-corrected chi connectivity index (χ4v) is 3.69. The summed E-state index contributed by atoms with van der Waals surface area (Å²) in [6.45, 7) is 0.900. The Hall–Kier alpha value is -0.0800. The molecule has 3 atom stereocenters. The number of piperidine rings is 1. The zero-order chi connectivity index (χ0) is 8.84. The molecule has 3 unspecified atom stereocenters. The lowest BCUT2D eigenvalue weighted by Gasteiger charge is -2.44. The number of nitrogens with zero attached hydrogens (tertiary/aromatic N) is 1. The summed E-state index contributed by atoms with van der Waals surface area (Å²) in [7, 11) is 0. The molecule has 2 bridgehead atoms. The third-order valence-electron chi connectivity index (χ3n) is 4.53. The van der Waals surface area contributed by atoms with Gasteiger partial charge in [-0.25, -0.2) is 0 Å². The van der Waals surface area contributed by atoms with Gasteiger partial charge in [-0.05, 0) is 38.0 Å². The molecular formula is C11H20N2.